The summed E-state index contributed by atoms with van der Waals surface area (Å²) in [7, 11) is 0. The predicted molar refractivity (Wildman–Crippen MR) is 77.6 cm³/mol. The smallest absolute Gasteiger partial charge is 0.240 e. The van der Waals surface area contributed by atoms with Crippen molar-refractivity contribution < 1.29 is 9.53 Å². The first kappa shape index (κ1) is 13.4. The molecule has 0 saturated carbocycles. The quantitative estimate of drug-likeness (QED) is 0.851. The van der Waals surface area contributed by atoms with Gasteiger partial charge in [-0.3, -0.25) is 4.79 Å². The number of fused-ring (bicyclic) bond motifs is 1. The molecule has 4 heteroatoms. The van der Waals surface area contributed by atoms with Crippen LogP contribution in [0, 0.1) is 0 Å². The normalized spacial score (nSPS) is 26.4. The van der Waals surface area contributed by atoms with Gasteiger partial charge in [-0.1, -0.05) is 18.2 Å². The molecule has 0 bridgehead atoms. The molecular formula is C16H22N2O2. The molecule has 1 aromatic carbocycles. The van der Waals surface area contributed by atoms with E-state index in [1.54, 1.807) is 0 Å². The first-order valence-electron chi connectivity index (χ1n) is 7.49. The number of hydrogen-bond acceptors (Lipinski definition) is 3. The number of nitrogens with zero attached hydrogens (tertiary/aromatic N) is 1. The Bertz CT molecular complexity index is 489. The minimum atomic E-state index is -0.0241. The largest absolute Gasteiger partial charge is 0.491 e. The molecule has 0 aliphatic carbocycles. The number of nitrogens with one attached hydrogen (secondary N) is 1. The number of piperidine rings is 1. The Hall–Kier alpha value is -1.55. The Labute approximate surface area is 120 Å². The van der Waals surface area contributed by atoms with E-state index in [0.717, 1.165) is 30.6 Å². The van der Waals surface area contributed by atoms with E-state index in [2.05, 4.69) is 12.2 Å². The molecule has 0 aromatic heterocycles. The zero-order chi connectivity index (χ0) is 13.9. The predicted octanol–water partition coefficient (Wildman–Crippen LogP) is 1.94. The van der Waals surface area contributed by atoms with Crippen LogP contribution in [-0.2, 0) is 11.3 Å². The van der Waals surface area contributed by atoms with E-state index in [9.17, 15) is 4.79 Å². The van der Waals surface area contributed by atoms with Gasteiger partial charge < -0.3 is 15.0 Å². The third kappa shape index (κ3) is 2.80. The van der Waals surface area contributed by atoms with Crippen LogP contribution < -0.4 is 10.1 Å². The van der Waals surface area contributed by atoms with Crippen molar-refractivity contribution in [1.82, 2.24) is 10.2 Å². The van der Waals surface area contributed by atoms with Gasteiger partial charge in [-0.2, -0.15) is 0 Å². The lowest BCUT2D eigenvalue weighted by Crippen LogP contribution is -2.51. The molecule has 20 heavy (non-hydrogen) atoms. The fraction of sp³-hybridized carbons (Fsp3) is 0.562. The topological polar surface area (TPSA) is 41.6 Å². The maximum atomic E-state index is 12.7. The van der Waals surface area contributed by atoms with Crippen molar-refractivity contribution in [3.8, 4) is 5.75 Å². The van der Waals surface area contributed by atoms with Gasteiger partial charge in [0.05, 0.1) is 12.6 Å². The Balaban J connectivity index is 1.72. The average molecular weight is 274 g/mol. The average Bonchev–Trinajstić information content (AvgIpc) is 2.68. The highest BCUT2D eigenvalue weighted by atomic mass is 16.5. The number of amides is 1. The van der Waals surface area contributed by atoms with Crippen molar-refractivity contribution in [2.45, 2.75) is 44.8 Å². The summed E-state index contributed by atoms with van der Waals surface area (Å²) in [6.45, 7) is 4.05. The van der Waals surface area contributed by atoms with Crippen molar-refractivity contribution in [2.75, 3.05) is 13.2 Å². The lowest BCUT2D eigenvalue weighted by atomic mass is 9.98. The van der Waals surface area contributed by atoms with Crippen molar-refractivity contribution >= 4 is 5.91 Å². The summed E-state index contributed by atoms with van der Waals surface area (Å²) >= 11 is 0. The van der Waals surface area contributed by atoms with Crippen LogP contribution in [0.2, 0.25) is 0 Å². The van der Waals surface area contributed by atoms with Crippen molar-refractivity contribution in [3.05, 3.63) is 29.8 Å². The molecule has 0 radical (unpaired) electrons. The van der Waals surface area contributed by atoms with Gasteiger partial charge in [0.15, 0.2) is 0 Å². The summed E-state index contributed by atoms with van der Waals surface area (Å²) in [5.41, 5.74) is 1.10. The van der Waals surface area contributed by atoms with Gasteiger partial charge in [0.2, 0.25) is 5.91 Å². The van der Waals surface area contributed by atoms with E-state index >= 15 is 0 Å². The molecule has 1 amide bonds. The maximum Gasteiger partial charge on any atom is 0.240 e. The second-order valence-corrected chi connectivity index (χ2v) is 5.77. The van der Waals surface area contributed by atoms with E-state index in [1.807, 2.05) is 29.2 Å². The second-order valence-electron chi connectivity index (χ2n) is 5.77. The number of hydrogen-bond donors (Lipinski definition) is 1. The Morgan fingerprint density at radius 1 is 1.35 bits per heavy atom. The molecule has 1 saturated heterocycles. The van der Waals surface area contributed by atoms with Crippen LogP contribution in [-0.4, -0.2) is 36.0 Å². The van der Waals surface area contributed by atoms with E-state index in [0.29, 0.717) is 25.7 Å². The molecule has 3 rings (SSSR count). The van der Waals surface area contributed by atoms with Crippen LogP contribution in [0.3, 0.4) is 0 Å². The summed E-state index contributed by atoms with van der Waals surface area (Å²) in [6.07, 6.45) is 3.24. The minimum absolute atomic E-state index is 0.0241. The molecule has 1 aromatic rings. The number of carbonyl (C=O) groups is 1. The molecule has 2 atom stereocenters. The Kier molecular flexibility index (Phi) is 3.92. The highest BCUT2D eigenvalue weighted by Crippen LogP contribution is 2.23. The summed E-state index contributed by atoms with van der Waals surface area (Å²) in [5, 5.41) is 3.43. The zero-order valence-corrected chi connectivity index (χ0v) is 12.0. The molecule has 0 spiro atoms. The van der Waals surface area contributed by atoms with Gasteiger partial charge in [-0.05, 0) is 32.3 Å². The second kappa shape index (κ2) is 5.83. The molecule has 2 heterocycles. The van der Waals surface area contributed by atoms with Crippen molar-refractivity contribution in [1.29, 1.82) is 0 Å². The molecule has 2 unspecified atom stereocenters. The summed E-state index contributed by atoms with van der Waals surface area (Å²) in [4.78, 5) is 14.6. The van der Waals surface area contributed by atoms with Crippen LogP contribution in [0.4, 0.5) is 0 Å². The number of benzene rings is 1. The summed E-state index contributed by atoms with van der Waals surface area (Å²) in [6, 6.07) is 8.40. The zero-order valence-electron chi connectivity index (χ0n) is 12.0. The van der Waals surface area contributed by atoms with Crippen LogP contribution in [0.1, 0.15) is 31.7 Å². The monoisotopic (exact) mass is 274 g/mol. The number of ether oxygens (including phenoxy) is 1. The SMILES string of the molecule is CC1CCCC(C(=O)N2CCOc3ccccc3C2)N1. The first-order valence-corrected chi connectivity index (χ1v) is 7.49. The van der Waals surface area contributed by atoms with Crippen molar-refractivity contribution in [3.63, 3.8) is 0 Å². The van der Waals surface area contributed by atoms with Crippen LogP contribution >= 0.6 is 0 Å². The fourth-order valence-corrected chi connectivity index (χ4v) is 3.07. The van der Waals surface area contributed by atoms with Gasteiger partial charge >= 0.3 is 0 Å². The number of para-hydroxylation sites is 1. The van der Waals surface area contributed by atoms with E-state index in [-0.39, 0.29) is 11.9 Å². The Morgan fingerprint density at radius 2 is 2.20 bits per heavy atom. The van der Waals surface area contributed by atoms with Crippen LogP contribution in [0.5, 0.6) is 5.75 Å². The van der Waals surface area contributed by atoms with Crippen LogP contribution in [0.15, 0.2) is 24.3 Å². The lowest BCUT2D eigenvalue weighted by Gasteiger charge is -2.32. The number of carbonyl (C=O) groups excluding carboxylic acids is 1. The summed E-state index contributed by atoms with van der Waals surface area (Å²) in [5.74, 6) is 1.13. The third-order valence-corrected chi connectivity index (χ3v) is 4.18. The first-order chi connectivity index (χ1) is 9.74. The molecule has 2 aliphatic heterocycles. The maximum absolute atomic E-state index is 12.7. The highest BCUT2D eigenvalue weighted by Gasteiger charge is 2.29. The molecule has 1 fully saturated rings. The molecule has 4 nitrogen and oxygen atoms in total. The van der Waals surface area contributed by atoms with Gasteiger partial charge in [-0.25, -0.2) is 0 Å². The molecule has 2 aliphatic rings. The standard InChI is InChI=1S/C16H22N2O2/c1-12-5-4-7-14(17-12)16(19)18-9-10-20-15-8-3-2-6-13(15)11-18/h2-3,6,8,12,14,17H,4-5,7,9-11H2,1H3. The Morgan fingerprint density at radius 3 is 3.05 bits per heavy atom. The molecular weight excluding hydrogens is 252 g/mol. The van der Waals surface area contributed by atoms with Gasteiger partial charge in [0, 0.05) is 18.2 Å². The van der Waals surface area contributed by atoms with Gasteiger partial charge in [0.25, 0.3) is 0 Å². The van der Waals surface area contributed by atoms with E-state index in [4.69, 9.17) is 4.74 Å². The third-order valence-electron chi connectivity index (χ3n) is 4.18. The molecule has 1 N–H and O–H groups in total. The highest BCUT2D eigenvalue weighted by molar-refractivity contribution is 5.82. The van der Waals surface area contributed by atoms with Crippen LogP contribution in [0.25, 0.3) is 0 Å². The van der Waals surface area contributed by atoms with Gasteiger partial charge in [0.1, 0.15) is 12.4 Å². The van der Waals surface area contributed by atoms with Gasteiger partial charge in [-0.15, -0.1) is 0 Å². The fourth-order valence-electron chi connectivity index (χ4n) is 3.07. The molecule has 108 valence electrons. The number of rotatable bonds is 1. The minimum Gasteiger partial charge on any atom is -0.491 e. The van der Waals surface area contributed by atoms with E-state index in [1.165, 1.54) is 0 Å². The van der Waals surface area contributed by atoms with E-state index < -0.39 is 0 Å². The van der Waals surface area contributed by atoms with Crippen molar-refractivity contribution in [2.24, 2.45) is 0 Å². The lowest BCUT2D eigenvalue weighted by molar-refractivity contribution is -0.135. The summed E-state index contributed by atoms with van der Waals surface area (Å²) < 4.78 is 5.72.